The van der Waals surface area contributed by atoms with Crippen molar-refractivity contribution in [1.29, 1.82) is 0 Å². The second-order valence-electron chi connectivity index (χ2n) is 5.56. The van der Waals surface area contributed by atoms with Gasteiger partial charge in [-0.25, -0.2) is 0 Å². The Balaban J connectivity index is 2.05. The zero-order chi connectivity index (χ0) is 15.6. The summed E-state index contributed by atoms with van der Waals surface area (Å²) in [6, 6.07) is 5.30. The number of likely N-dealkylation sites (tertiary alicyclic amines) is 1. The highest BCUT2D eigenvalue weighted by molar-refractivity contribution is 6.31. The number of carbonyl (C=O) groups excluding carboxylic acids is 1. The van der Waals surface area contributed by atoms with Gasteiger partial charge >= 0.3 is 5.97 Å². The van der Waals surface area contributed by atoms with Crippen LogP contribution in [0.2, 0.25) is 5.02 Å². The average Bonchev–Trinajstić information content (AvgIpc) is 2.78. The molecule has 2 rings (SSSR count). The molecule has 1 fully saturated rings. The molecule has 1 unspecified atom stereocenters. The Hall–Kier alpha value is -1.59. The second-order valence-corrected chi connectivity index (χ2v) is 5.97. The fourth-order valence-electron chi connectivity index (χ4n) is 2.62. The number of hydrogen-bond acceptors (Lipinski definition) is 3. The fourth-order valence-corrected chi connectivity index (χ4v) is 2.80. The lowest BCUT2D eigenvalue weighted by Gasteiger charge is -2.30. The Morgan fingerprint density at radius 2 is 2.19 bits per heavy atom. The Bertz CT molecular complexity index is 576. The van der Waals surface area contributed by atoms with Crippen LogP contribution in [0.15, 0.2) is 18.2 Å². The van der Waals surface area contributed by atoms with E-state index in [0.717, 1.165) is 12.0 Å². The first-order valence-electron chi connectivity index (χ1n) is 6.88. The zero-order valence-corrected chi connectivity index (χ0v) is 12.9. The number of carboxylic acids is 1. The lowest BCUT2D eigenvalue weighted by Crippen LogP contribution is -2.50. The third kappa shape index (κ3) is 3.19. The zero-order valence-electron chi connectivity index (χ0n) is 12.1. The molecule has 1 aliphatic heterocycles. The van der Waals surface area contributed by atoms with Gasteiger partial charge in [-0.1, -0.05) is 17.7 Å². The van der Waals surface area contributed by atoms with Gasteiger partial charge < -0.3 is 10.4 Å². The molecule has 0 radical (unpaired) electrons. The van der Waals surface area contributed by atoms with Gasteiger partial charge in [-0.05, 0) is 50.9 Å². The molecule has 1 heterocycles. The van der Waals surface area contributed by atoms with E-state index in [-0.39, 0.29) is 12.5 Å². The van der Waals surface area contributed by atoms with Crippen LogP contribution in [0, 0.1) is 6.92 Å². The van der Waals surface area contributed by atoms with Gasteiger partial charge in [0.05, 0.1) is 6.54 Å². The molecule has 0 saturated carbocycles. The Labute approximate surface area is 128 Å². The van der Waals surface area contributed by atoms with Gasteiger partial charge in [-0.3, -0.25) is 14.5 Å². The summed E-state index contributed by atoms with van der Waals surface area (Å²) < 4.78 is 0. The van der Waals surface area contributed by atoms with Crippen molar-refractivity contribution in [3.8, 4) is 0 Å². The van der Waals surface area contributed by atoms with Gasteiger partial charge in [0.25, 0.3) is 0 Å². The molecule has 1 aromatic rings. The third-order valence-corrected chi connectivity index (χ3v) is 4.54. The van der Waals surface area contributed by atoms with Crippen LogP contribution in [0.25, 0.3) is 0 Å². The Morgan fingerprint density at radius 1 is 1.48 bits per heavy atom. The molecule has 21 heavy (non-hydrogen) atoms. The fraction of sp³-hybridized carbons (Fsp3) is 0.467. The van der Waals surface area contributed by atoms with Crippen molar-refractivity contribution in [2.45, 2.75) is 32.2 Å². The van der Waals surface area contributed by atoms with Crippen LogP contribution in [-0.4, -0.2) is 40.5 Å². The molecular formula is C15H19ClN2O3. The summed E-state index contributed by atoms with van der Waals surface area (Å²) in [5.74, 6) is -1.11. The van der Waals surface area contributed by atoms with E-state index in [1.165, 1.54) is 0 Å². The summed E-state index contributed by atoms with van der Waals surface area (Å²) >= 11 is 6.02. The molecule has 1 saturated heterocycles. The maximum absolute atomic E-state index is 12.2. The van der Waals surface area contributed by atoms with Crippen LogP contribution in [0.3, 0.4) is 0 Å². The van der Waals surface area contributed by atoms with Crippen molar-refractivity contribution < 1.29 is 14.7 Å². The van der Waals surface area contributed by atoms with Gasteiger partial charge in [0, 0.05) is 10.7 Å². The van der Waals surface area contributed by atoms with Gasteiger partial charge in [0.15, 0.2) is 0 Å². The molecule has 6 heteroatoms. The normalized spacial score (nSPS) is 22.2. The van der Waals surface area contributed by atoms with E-state index in [1.54, 1.807) is 30.0 Å². The molecule has 2 N–H and O–H groups in total. The number of carbonyl (C=O) groups is 2. The predicted molar refractivity (Wildman–Crippen MR) is 81.7 cm³/mol. The van der Waals surface area contributed by atoms with Gasteiger partial charge in [-0.2, -0.15) is 0 Å². The number of nitrogens with one attached hydrogen (secondary N) is 1. The molecule has 5 nitrogen and oxygen atoms in total. The van der Waals surface area contributed by atoms with Gasteiger partial charge in [0.2, 0.25) is 5.91 Å². The summed E-state index contributed by atoms with van der Waals surface area (Å²) in [7, 11) is 0. The van der Waals surface area contributed by atoms with Crippen molar-refractivity contribution in [3.63, 3.8) is 0 Å². The SMILES string of the molecule is Cc1c(Cl)cccc1NC(=O)CN1CCCC1(C)C(=O)O. The maximum Gasteiger partial charge on any atom is 0.323 e. The molecule has 0 bridgehead atoms. The monoisotopic (exact) mass is 310 g/mol. The minimum Gasteiger partial charge on any atom is -0.480 e. The number of aliphatic carboxylic acids is 1. The lowest BCUT2D eigenvalue weighted by atomic mass is 9.99. The number of amides is 1. The van der Waals surface area contributed by atoms with E-state index in [9.17, 15) is 14.7 Å². The van der Waals surface area contributed by atoms with E-state index < -0.39 is 11.5 Å². The Kier molecular flexibility index (Phi) is 4.54. The van der Waals surface area contributed by atoms with Crippen LogP contribution < -0.4 is 5.32 Å². The number of hydrogen-bond donors (Lipinski definition) is 2. The van der Waals surface area contributed by atoms with Crippen molar-refractivity contribution >= 4 is 29.2 Å². The van der Waals surface area contributed by atoms with Crippen LogP contribution in [-0.2, 0) is 9.59 Å². The first-order chi connectivity index (χ1) is 9.84. The van der Waals surface area contributed by atoms with E-state index in [2.05, 4.69) is 5.32 Å². The topological polar surface area (TPSA) is 69.6 Å². The molecule has 1 amide bonds. The minimum absolute atomic E-state index is 0.0642. The highest BCUT2D eigenvalue weighted by Crippen LogP contribution is 2.29. The van der Waals surface area contributed by atoms with Crippen LogP contribution in [0.1, 0.15) is 25.3 Å². The van der Waals surface area contributed by atoms with Crippen LogP contribution in [0.4, 0.5) is 5.69 Å². The van der Waals surface area contributed by atoms with Crippen molar-refractivity contribution in [2.24, 2.45) is 0 Å². The standard InChI is InChI=1S/C15H19ClN2O3/c1-10-11(16)5-3-6-12(10)17-13(19)9-18-8-4-7-15(18,2)14(20)21/h3,5-6H,4,7-9H2,1-2H3,(H,17,19)(H,20,21). The highest BCUT2D eigenvalue weighted by Gasteiger charge is 2.43. The molecule has 1 aliphatic rings. The third-order valence-electron chi connectivity index (χ3n) is 4.13. The smallest absolute Gasteiger partial charge is 0.323 e. The van der Waals surface area contributed by atoms with E-state index >= 15 is 0 Å². The van der Waals surface area contributed by atoms with Gasteiger partial charge in [0.1, 0.15) is 5.54 Å². The predicted octanol–water partition coefficient (Wildman–Crippen LogP) is 2.53. The number of rotatable bonds is 4. The Morgan fingerprint density at radius 3 is 2.86 bits per heavy atom. The number of anilines is 1. The molecule has 0 aliphatic carbocycles. The maximum atomic E-state index is 12.2. The minimum atomic E-state index is -0.958. The molecule has 114 valence electrons. The van der Waals surface area contributed by atoms with E-state index in [0.29, 0.717) is 23.7 Å². The summed E-state index contributed by atoms with van der Waals surface area (Å²) in [6.07, 6.45) is 1.35. The molecular weight excluding hydrogens is 292 g/mol. The summed E-state index contributed by atoms with van der Waals surface area (Å²) in [5.41, 5.74) is 0.499. The number of carboxylic acid groups (broad SMARTS) is 1. The van der Waals surface area contributed by atoms with Crippen molar-refractivity contribution in [3.05, 3.63) is 28.8 Å². The average molecular weight is 311 g/mol. The summed E-state index contributed by atoms with van der Waals surface area (Å²) in [5, 5.41) is 12.7. The van der Waals surface area contributed by atoms with Crippen LogP contribution >= 0.6 is 11.6 Å². The molecule has 0 aromatic heterocycles. The number of halogens is 1. The first-order valence-corrected chi connectivity index (χ1v) is 7.26. The van der Waals surface area contributed by atoms with E-state index in [4.69, 9.17) is 11.6 Å². The van der Waals surface area contributed by atoms with Crippen LogP contribution in [0.5, 0.6) is 0 Å². The van der Waals surface area contributed by atoms with E-state index in [1.807, 2.05) is 6.92 Å². The molecule has 1 atom stereocenters. The summed E-state index contributed by atoms with van der Waals surface area (Å²) in [4.78, 5) is 25.2. The molecule has 0 spiro atoms. The summed E-state index contributed by atoms with van der Waals surface area (Å²) in [6.45, 7) is 4.18. The van der Waals surface area contributed by atoms with Gasteiger partial charge in [-0.15, -0.1) is 0 Å². The van der Waals surface area contributed by atoms with Crippen molar-refractivity contribution in [1.82, 2.24) is 4.90 Å². The highest BCUT2D eigenvalue weighted by atomic mass is 35.5. The molecule has 1 aromatic carbocycles. The lowest BCUT2D eigenvalue weighted by molar-refractivity contribution is -0.149. The quantitative estimate of drug-likeness (QED) is 0.896. The first kappa shape index (κ1) is 15.8. The van der Waals surface area contributed by atoms with Crippen molar-refractivity contribution in [2.75, 3.05) is 18.4 Å². The number of benzene rings is 1. The number of nitrogens with zero attached hydrogens (tertiary/aromatic N) is 1. The second kappa shape index (κ2) is 6.03. The largest absolute Gasteiger partial charge is 0.480 e.